The molecule has 154 valence electrons. The number of aliphatic imine (C=N–C) groups is 1. The molecule has 2 atom stereocenters. The van der Waals surface area contributed by atoms with Crippen LogP contribution in [-0.4, -0.2) is 44.6 Å². The van der Waals surface area contributed by atoms with E-state index in [1.54, 1.807) is 32.0 Å². The van der Waals surface area contributed by atoms with Gasteiger partial charge in [-0.3, -0.25) is 14.6 Å². The van der Waals surface area contributed by atoms with E-state index >= 15 is 0 Å². The molecule has 0 saturated carbocycles. The lowest BCUT2D eigenvalue weighted by Crippen LogP contribution is -2.42. The Morgan fingerprint density at radius 3 is 2.45 bits per heavy atom. The van der Waals surface area contributed by atoms with Crippen molar-refractivity contribution in [3.05, 3.63) is 35.0 Å². The third-order valence-corrected chi connectivity index (χ3v) is 4.76. The average molecular weight is 403 g/mol. The number of fused-ring (bicyclic) bond motifs is 1. The van der Waals surface area contributed by atoms with E-state index in [0.29, 0.717) is 28.5 Å². The van der Waals surface area contributed by atoms with Crippen LogP contribution < -0.4 is 9.47 Å². The summed E-state index contributed by atoms with van der Waals surface area (Å²) in [7, 11) is 2.39. The van der Waals surface area contributed by atoms with Crippen LogP contribution in [0.5, 0.6) is 11.5 Å². The number of benzene rings is 1. The number of carbonyl (C=O) groups is 3. The zero-order valence-electron chi connectivity index (χ0n) is 16.5. The molecule has 0 radical (unpaired) electrons. The van der Waals surface area contributed by atoms with E-state index in [4.69, 9.17) is 23.7 Å². The number of hydrogen-bond donors (Lipinski definition) is 0. The zero-order valence-corrected chi connectivity index (χ0v) is 16.5. The largest absolute Gasteiger partial charge is 0.468 e. The first-order chi connectivity index (χ1) is 13.9. The van der Waals surface area contributed by atoms with E-state index in [1.165, 1.54) is 14.2 Å². The molecule has 1 unspecified atom stereocenters. The van der Waals surface area contributed by atoms with Gasteiger partial charge in [-0.2, -0.15) is 0 Å². The van der Waals surface area contributed by atoms with Crippen molar-refractivity contribution in [1.82, 2.24) is 0 Å². The SMILES string of the molecule is COC(=O)C1=C(C)N=C(C)C(C(=O)OC)[C@@H]1C(=O)OCc1ccc2c(c1)OCO2. The molecule has 2 heterocycles. The van der Waals surface area contributed by atoms with Gasteiger partial charge in [0.15, 0.2) is 11.5 Å². The molecule has 2 aliphatic rings. The predicted molar refractivity (Wildman–Crippen MR) is 99.2 cm³/mol. The van der Waals surface area contributed by atoms with Gasteiger partial charge in [-0.15, -0.1) is 0 Å². The van der Waals surface area contributed by atoms with Gasteiger partial charge in [0.2, 0.25) is 6.79 Å². The summed E-state index contributed by atoms with van der Waals surface area (Å²) in [4.78, 5) is 41.9. The molecule has 0 N–H and O–H groups in total. The molecule has 9 heteroatoms. The summed E-state index contributed by atoms with van der Waals surface area (Å²) >= 11 is 0. The average Bonchev–Trinajstić information content (AvgIpc) is 3.18. The number of allylic oxidation sites excluding steroid dienone is 1. The van der Waals surface area contributed by atoms with Crippen molar-refractivity contribution in [2.24, 2.45) is 16.8 Å². The van der Waals surface area contributed by atoms with Crippen LogP contribution in [0.15, 0.2) is 34.5 Å². The van der Waals surface area contributed by atoms with Crippen LogP contribution in [0.25, 0.3) is 0 Å². The Hall–Kier alpha value is -3.36. The summed E-state index contributed by atoms with van der Waals surface area (Å²) in [6.07, 6.45) is 0. The molecule has 0 fully saturated rings. The number of methoxy groups -OCH3 is 2. The molecule has 0 spiro atoms. The second-order valence-corrected chi connectivity index (χ2v) is 6.52. The fourth-order valence-electron chi connectivity index (χ4n) is 3.37. The summed E-state index contributed by atoms with van der Waals surface area (Å²) in [5.41, 5.74) is 1.29. The van der Waals surface area contributed by atoms with Crippen molar-refractivity contribution in [2.45, 2.75) is 20.5 Å². The monoisotopic (exact) mass is 403 g/mol. The highest BCUT2D eigenvalue weighted by atomic mass is 16.7. The Morgan fingerprint density at radius 1 is 1.03 bits per heavy atom. The fourth-order valence-corrected chi connectivity index (χ4v) is 3.37. The van der Waals surface area contributed by atoms with E-state index in [1.807, 2.05) is 0 Å². The quantitative estimate of drug-likeness (QED) is 0.541. The number of hydrogen-bond acceptors (Lipinski definition) is 9. The molecule has 29 heavy (non-hydrogen) atoms. The van der Waals surface area contributed by atoms with Crippen LogP contribution in [0.4, 0.5) is 0 Å². The van der Waals surface area contributed by atoms with Gasteiger partial charge >= 0.3 is 17.9 Å². The first-order valence-corrected chi connectivity index (χ1v) is 8.84. The van der Waals surface area contributed by atoms with E-state index in [9.17, 15) is 14.4 Å². The fraction of sp³-hybridized carbons (Fsp3) is 0.400. The molecule has 0 saturated heterocycles. The molecule has 1 aromatic rings. The molecular weight excluding hydrogens is 382 g/mol. The molecular formula is C20H21NO8. The summed E-state index contributed by atoms with van der Waals surface area (Å²) in [5.74, 6) is -3.34. The van der Waals surface area contributed by atoms with Crippen molar-refractivity contribution in [2.75, 3.05) is 21.0 Å². The second kappa shape index (κ2) is 8.34. The van der Waals surface area contributed by atoms with Gasteiger partial charge in [0.25, 0.3) is 0 Å². The number of rotatable bonds is 5. The Morgan fingerprint density at radius 2 is 1.76 bits per heavy atom. The first kappa shape index (κ1) is 20.4. The first-order valence-electron chi connectivity index (χ1n) is 8.84. The van der Waals surface area contributed by atoms with Crippen molar-refractivity contribution in [3.8, 4) is 11.5 Å². The van der Waals surface area contributed by atoms with Gasteiger partial charge in [-0.25, -0.2) is 4.79 Å². The van der Waals surface area contributed by atoms with Crippen LogP contribution in [0, 0.1) is 11.8 Å². The van der Waals surface area contributed by atoms with Gasteiger partial charge in [-0.1, -0.05) is 6.07 Å². The minimum Gasteiger partial charge on any atom is -0.468 e. The van der Waals surface area contributed by atoms with Gasteiger partial charge in [0, 0.05) is 11.4 Å². The van der Waals surface area contributed by atoms with Crippen molar-refractivity contribution >= 4 is 23.6 Å². The number of ether oxygens (including phenoxy) is 5. The highest BCUT2D eigenvalue weighted by Gasteiger charge is 2.46. The minimum absolute atomic E-state index is 0.0239. The summed E-state index contributed by atoms with van der Waals surface area (Å²) < 4.78 is 25.6. The van der Waals surface area contributed by atoms with Crippen molar-refractivity contribution in [3.63, 3.8) is 0 Å². The Balaban J connectivity index is 1.86. The molecule has 0 aromatic heterocycles. The third-order valence-electron chi connectivity index (χ3n) is 4.76. The minimum atomic E-state index is -1.22. The summed E-state index contributed by atoms with van der Waals surface area (Å²) in [6, 6.07) is 5.14. The van der Waals surface area contributed by atoms with E-state index < -0.39 is 29.7 Å². The van der Waals surface area contributed by atoms with Crippen molar-refractivity contribution in [1.29, 1.82) is 0 Å². The van der Waals surface area contributed by atoms with Crippen LogP contribution in [0.1, 0.15) is 19.4 Å². The molecule has 0 bridgehead atoms. The maximum absolute atomic E-state index is 13.0. The van der Waals surface area contributed by atoms with Crippen LogP contribution >= 0.6 is 0 Å². The lowest BCUT2D eigenvalue weighted by Gasteiger charge is -2.29. The van der Waals surface area contributed by atoms with E-state index in [2.05, 4.69) is 4.99 Å². The van der Waals surface area contributed by atoms with Crippen LogP contribution in [-0.2, 0) is 35.2 Å². The molecule has 0 amide bonds. The lowest BCUT2D eigenvalue weighted by atomic mass is 9.80. The Bertz CT molecular complexity index is 917. The van der Waals surface area contributed by atoms with E-state index in [0.717, 1.165) is 0 Å². The maximum Gasteiger partial charge on any atom is 0.336 e. The van der Waals surface area contributed by atoms with Crippen LogP contribution in [0.3, 0.4) is 0 Å². The normalized spacial score (nSPS) is 20.1. The molecule has 9 nitrogen and oxygen atoms in total. The van der Waals surface area contributed by atoms with Crippen molar-refractivity contribution < 1.29 is 38.1 Å². The Labute approximate surface area is 167 Å². The van der Waals surface area contributed by atoms with E-state index in [-0.39, 0.29) is 19.0 Å². The zero-order chi connectivity index (χ0) is 21.1. The summed E-state index contributed by atoms with van der Waals surface area (Å²) in [5, 5.41) is 0. The number of carbonyl (C=O) groups excluding carboxylic acids is 3. The number of nitrogens with zero attached hydrogens (tertiary/aromatic N) is 1. The molecule has 3 rings (SSSR count). The Kier molecular flexibility index (Phi) is 5.86. The topological polar surface area (TPSA) is 110 Å². The van der Waals surface area contributed by atoms with Gasteiger partial charge < -0.3 is 23.7 Å². The highest BCUT2D eigenvalue weighted by Crippen LogP contribution is 2.35. The standard InChI is InChI=1S/C20H21NO8/c1-10-15(18(22)25-3)17(16(11(2)21-10)19(23)26-4)20(24)27-8-12-5-6-13-14(7-12)29-9-28-13/h5-7,15,17H,8-9H2,1-4H3/t15?,17-/m0/s1. The lowest BCUT2D eigenvalue weighted by molar-refractivity contribution is -0.157. The second-order valence-electron chi connectivity index (χ2n) is 6.52. The molecule has 2 aliphatic heterocycles. The third kappa shape index (κ3) is 3.94. The summed E-state index contributed by atoms with van der Waals surface area (Å²) in [6.45, 7) is 3.22. The van der Waals surface area contributed by atoms with Gasteiger partial charge in [-0.05, 0) is 31.5 Å². The highest BCUT2D eigenvalue weighted by molar-refractivity contribution is 6.10. The smallest absolute Gasteiger partial charge is 0.336 e. The predicted octanol–water partition coefficient (Wildman–Crippen LogP) is 1.79. The molecule has 1 aromatic carbocycles. The number of esters is 3. The maximum atomic E-state index is 13.0. The van der Waals surface area contributed by atoms with Gasteiger partial charge in [0.1, 0.15) is 18.4 Å². The molecule has 0 aliphatic carbocycles. The van der Waals surface area contributed by atoms with Crippen LogP contribution in [0.2, 0.25) is 0 Å². The van der Waals surface area contributed by atoms with Gasteiger partial charge in [0.05, 0.1) is 19.8 Å².